The van der Waals surface area contributed by atoms with Gasteiger partial charge in [-0.25, -0.2) is 0 Å². The number of hydrogen-bond acceptors (Lipinski definition) is 5. The maximum atomic E-state index is 9.92. The van der Waals surface area contributed by atoms with Gasteiger partial charge in [-0.05, 0) is 36.2 Å². The summed E-state index contributed by atoms with van der Waals surface area (Å²) in [6.45, 7) is 1.86. The van der Waals surface area contributed by atoms with Crippen molar-refractivity contribution in [3.63, 3.8) is 0 Å². The van der Waals surface area contributed by atoms with Crippen LogP contribution in [0.3, 0.4) is 0 Å². The SMILES string of the molecule is Cc1ccc(Nc2nnc(Cc3ccncc3)c3ccccc23)cc1O. The Balaban J connectivity index is 1.73. The molecule has 0 aliphatic rings. The van der Waals surface area contributed by atoms with Crippen LogP contribution in [-0.4, -0.2) is 20.3 Å². The number of rotatable bonds is 4. The maximum Gasteiger partial charge on any atom is 0.160 e. The molecule has 4 aromatic rings. The van der Waals surface area contributed by atoms with Gasteiger partial charge in [-0.1, -0.05) is 30.3 Å². The third-order valence-electron chi connectivity index (χ3n) is 4.36. The highest BCUT2D eigenvalue weighted by Crippen LogP contribution is 2.28. The van der Waals surface area contributed by atoms with Crippen molar-refractivity contribution in [1.82, 2.24) is 15.2 Å². The Kier molecular flexibility index (Phi) is 4.19. The zero-order valence-electron chi connectivity index (χ0n) is 14.3. The molecule has 5 heteroatoms. The van der Waals surface area contributed by atoms with Gasteiger partial charge in [-0.15, -0.1) is 5.10 Å². The molecule has 0 unspecified atom stereocenters. The number of anilines is 2. The molecule has 0 bridgehead atoms. The normalized spacial score (nSPS) is 10.8. The van der Waals surface area contributed by atoms with Crippen molar-refractivity contribution in [2.45, 2.75) is 13.3 Å². The molecule has 5 nitrogen and oxygen atoms in total. The smallest absolute Gasteiger partial charge is 0.160 e. The number of fused-ring (bicyclic) bond motifs is 1. The van der Waals surface area contributed by atoms with Crippen LogP contribution in [0.4, 0.5) is 11.5 Å². The minimum absolute atomic E-state index is 0.251. The van der Waals surface area contributed by atoms with Crippen molar-refractivity contribution in [2.75, 3.05) is 5.32 Å². The zero-order chi connectivity index (χ0) is 17.9. The molecule has 2 aromatic heterocycles. The van der Waals surface area contributed by atoms with Crippen molar-refractivity contribution in [1.29, 1.82) is 0 Å². The number of benzene rings is 2. The summed E-state index contributed by atoms with van der Waals surface area (Å²) >= 11 is 0. The van der Waals surface area contributed by atoms with Gasteiger partial charge in [0.15, 0.2) is 5.82 Å². The lowest BCUT2D eigenvalue weighted by atomic mass is 10.0. The molecule has 0 saturated heterocycles. The highest BCUT2D eigenvalue weighted by molar-refractivity contribution is 5.94. The topological polar surface area (TPSA) is 70.9 Å². The Morgan fingerprint density at radius 1 is 0.923 bits per heavy atom. The van der Waals surface area contributed by atoms with Gasteiger partial charge in [-0.2, -0.15) is 5.10 Å². The fourth-order valence-corrected chi connectivity index (χ4v) is 2.90. The van der Waals surface area contributed by atoms with E-state index in [1.807, 2.05) is 49.4 Å². The standard InChI is InChI=1S/C21H18N4O/c1-14-6-7-16(13-20(14)26)23-21-18-5-3-2-4-17(18)19(24-25-21)12-15-8-10-22-11-9-15/h2-11,13,26H,12H2,1H3,(H,23,25). The van der Waals surface area contributed by atoms with Gasteiger partial charge in [0.2, 0.25) is 0 Å². The minimum Gasteiger partial charge on any atom is -0.508 e. The van der Waals surface area contributed by atoms with Crippen molar-refractivity contribution < 1.29 is 5.11 Å². The van der Waals surface area contributed by atoms with Gasteiger partial charge in [0.25, 0.3) is 0 Å². The molecular formula is C21H18N4O. The summed E-state index contributed by atoms with van der Waals surface area (Å²) < 4.78 is 0. The van der Waals surface area contributed by atoms with E-state index in [9.17, 15) is 5.11 Å². The van der Waals surface area contributed by atoms with Crippen molar-refractivity contribution in [3.05, 3.63) is 83.8 Å². The number of phenolic OH excluding ortho intramolecular Hbond substituents is 1. The van der Waals surface area contributed by atoms with E-state index in [0.717, 1.165) is 33.3 Å². The fraction of sp³-hybridized carbons (Fsp3) is 0.0952. The number of pyridine rings is 1. The Morgan fingerprint density at radius 2 is 1.69 bits per heavy atom. The molecule has 2 N–H and O–H groups in total. The number of aromatic nitrogens is 3. The molecular weight excluding hydrogens is 324 g/mol. The molecule has 128 valence electrons. The summed E-state index contributed by atoms with van der Waals surface area (Å²) in [5.74, 6) is 0.920. The first-order valence-corrected chi connectivity index (χ1v) is 8.40. The Labute approximate surface area is 151 Å². The van der Waals surface area contributed by atoms with Crippen molar-refractivity contribution >= 4 is 22.3 Å². The number of nitrogens with zero attached hydrogens (tertiary/aromatic N) is 3. The lowest BCUT2D eigenvalue weighted by Crippen LogP contribution is -2.02. The highest BCUT2D eigenvalue weighted by Gasteiger charge is 2.10. The summed E-state index contributed by atoms with van der Waals surface area (Å²) in [6.07, 6.45) is 4.26. The van der Waals surface area contributed by atoms with E-state index in [1.165, 1.54) is 0 Å². The minimum atomic E-state index is 0.251. The number of aromatic hydroxyl groups is 1. The van der Waals surface area contributed by atoms with Crippen LogP contribution in [-0.2, 0) is 6.42 Å². The Bertz CT molecular complexity index is 1060. The highest BCUT2D eigenvalue weighted by atomic mass is 16.3. The molecule has 0 atom stereocenters. The summed E-state index contributed by atoms with van der Waals surface area (Å²) in [5.41, 5.74) is 3.67. The summed E-state index contributed by atoms with van der Waals surface area (Å²) in [5, 5.41) is 24.1. The molecule has 0 aliphatic heterocycles. The van der Waals surface area contributed by atoms with Crippen LogP contribution >= 0.6 is 0 Å². The molecule has 4 rings (SSSR count). The fourth-order valence-electron chi connectivity index (χ4n) is 2.90. The first-order chi connectivity index (χ1) is 12.7. The molecule has 2 heterocycles. The molecule has 0 fully saturated rings. The van der Waals surface area contributed by atoms with E-state index in [2.05, 4.69) is 26.6 Å². The van der Waals surface area contributed by atoms with Crippen LogP contribution < -0.4 is 5.32 Å². The maximum absolute atomic E-state index is 9.92. The second-order valence-electron chi connectivity index (χ2n) is 6.20. The molecule has 0 spiro atoms. The second kappa shape index (κ2) is 6.80. The predicted molar refractivity (Wildman–Crippen MR) is 103 cm³/mol. The molecule has 2 aromatic carbocycles. The van der Waals surface area contributed by atoms with Crippen LogP contribution in [0.15, 0.2) is 67.0 Å². The van der Waals surface area contributed by atoms with Gasteiger partial charge in [0.05, 0.1) is 5.69 Å². The van der Waals surface area contributed by atoms with Crippen molar-refractivity contribution in [2.24, 2.45) is 0 Å². The van der Waals surface area contributed by atoms with Crippen LogP contribution in [0.1, 0.15) is 16.8 Å². The summed E-state index contributed by atoms with van der Waals surface area (Å²) in [4.78, 5) is 4.06. The zero-order valence-corrected chi connectivity index (χ0v) is 14.3. The summed E-state index contributed by atoms with van der Waals surface area (Å²) in [6, 6.07) is 17.5. The number of aryl methyl sites for hydroxylation is 1. The van der Waals surface area contributed by atoms with Gasteiger partial charge < -0.3 is 10.4 Å². The first-order valence-electron chi connectivity index (χ1n) is 8.40. The van der Waals surface area contributed by atoms with E-state index < -0.39 is 0 Å². The first kappa shape index (κ1) is 16.0. The van der Waals surface area contributed by atoms with Gasteiger partial charge in [0, 0.05) is 41.3 Å². The molecule has 0 saturated carbocycles. The van der Waals surface area contributed by atoms with E-state index in [-0.39, 0.29) is 5.75 Å². The number of nitrogens with one attached hydrogen (secondary N) is 1. The second-order valence-corrected chi connectivity index (χ2v) is 6.20. The Hall–Kier alpha value is -3.47. The monoisotopic (exact) mass is 342 g/mol. The molecule has 0 radical (unpaired) electrons. The third kappa shape index (κ3) is 3.19. The van der Waals surface area contributed by atoms with Gasteiger partial charge in [-0.3, -0.25) is 4.98 Å². The molecule has 0 aliphatic carbocycles. The largest absolute Gasteiger partial charge is 0.508 e. The quantitative estimate of drug-likeness (QED) is 0.576. The van der Waals surface area contributed by atoms with E-state index in [1.54, 1.807) is 18.5 Å². The molecule has 26 heavy (non-hydrogen) atoms. The Morgan fingerprint density at radius 3 is 2.46 bits per heavy atom. The number of hydrogen-bond donors (Lipinski definition) is 2. The van der Waals surface area contributed by atoms with E-state index >= 15 is 0 Å². The molecule has 0 amide bonds. The van der Waals surface area contributed by atoms with Crippen molar-refractivity contribution in [3.8, 4) is 5.75 Å². The number of phenols is 1. The summed E-state index contributed by atoms with van der Waals surface area (Å²) in [7, 11) is 0. The van der Waals surface area contributed by atoms with E-state index in [0.29, 0.717) is 12.2 Å². The average molecular weight is 342 g/mol. The van der Waals surface area contributed by atoms with Gasteiger partial charge >= 0.3 is 0 Å². The lowest BCUT2D eigenvalue weighted by Gasteiger charge is -2.12. The van der Waals surface area contributed by atoms with Crippen LogP contribution in [0.5, 0.6) is 5.75 Å². The third-order valence-corrected chi connectivity index (χ3v) is 4.36. The van der Waals surface area contributed by atoms with Crippen LogP contribution in [0.25, 0.3) is 10.8 Å². The van der Waals surface area contributed by atoms with E-state index in [4.69, 9.17) is 0 Å². The average Bonchev–Trinajstić information content (AvgIpc) is 2.67. The van der Waals surface area contributed by atoms with Crippen LogP contribution in [0, 0.1) is 6.92 Å². The van der Waals surface area contributed by atoms with Crippen LogP contribution in [0.2, 0.25) is 0 Å². The van der Waals surface area contributed by atoms with Gasteiger partial charge in [0.1, 0.15) is 5.75 Å². The predicted octanol–water partition coefficient (Wildman–Crippen LogP) is 4.37. The lowest BCUT2D eigenvalue weighted by molar-refractivity contribution is 0.471.